The highest BCUT2D eigenvalue weighted by atomic mass is 16.4. The third-order valence-electron chi connectivity index (χ3n) is 10.7. The topological polar surface area (TPSA) is 483 Å². The number of hydrazine groups is 1. The van der Waals surface area contributed by atoms with E-state index in [4.69, 9.17) is 11.5 Å². The van der Waals surface area contributed by atoms with Crippen LogP contribution in [0, 0.1) is 0 Å². The van der Waals surface area contributed by atoms with Gasteiger partial charge in [0.25, 0.3) is 0 Å². The number of urea groups is 1. The minimum absolute atomic E-state index is 0.0286. The fraction of sp³-hybridized carbons (Fsp3) is 0.558. The second kappa shape index (κ2) is 31.1. The average Bonchev–Trinajstić information content (AvgIpc) is 3.33. The number of hydrogen-bond acceptors (Lipinski definition) is 19. The number of aliphatic hydroxyl groups excluding tert-OH is 4. The molecule has 72 heavy (non-hydrogen) atoms. The zero-order valence-electron chi connectivity index (χ0n) is 39.2. The van der Waals surface area contributed by atoms with Crippen LogP contribution in [-0.4, -0.2) is 183 Å². The van der Waals surface area contributed by atoms with Gasteiger partial charge in [0.15, 0.2) is 0 Å². The van der Waals surface area contributed by atoms with Crippen molar-refractivity contribution < 1.29 is 87.9 Å². The van der Waals surface area contributed by atoms with E-state index in [1.807, 2.05) is 5.32 Å². The normalized spacial score (nSPS) is 25.3. The second-order valence-electron chi connectivity index (χ2n) is 16.5. The molecule has 0 bridgehead atoms. The van der Waals surface area contributed by atoms with Crippen LogP contribution in [0.4, 0.5) is 4.79 Å². The number of rotatable bonds is 14. The van der Waals surface area contributed by atoms with E-state index in [-0.39, 0.29) is 32.2 Å². The van der Waals surface area contributed by atoms with E-state index in [1.165, 1.54) is 0 Å². The molecule has 0 spiro atoms. The molecule has 1 fully saturated rings. The number of hydrogen-bond donors (Lipinski definition) is 16. The molecule has 9 atom stereocenters. The largest absolute Gasteiger partial charge is 0.481 e. The minimum Gasteiger partial charge on any atom is -0.481 e. The minimum atomic E-state index is -2.03. The van der Waals surface area contributed by atoms with Crippen molar-refractivity contribution in [2.75, 3.05) is 26.4 Å². The fourth-order valence-corrected chi connectivity index (χ4v) is 6.77. The van der Waals surface area contributed by atoms with Crippen molar-refractivity contribution in [1.82, 2.24) is 48.1 Å². The van der Waals surface area contributed by atoms with Gasteiger partial charge >= 0.3 is 12.0 Å². The maximum Gasteiger partial charge on any atom is 0.315 e. The molecule has 2 rings (SSSR count). The molecule has 1 aromatic carbocycles. The molecule has 0 aliphatic carbocycles. The van der Waals surface area contributed by atoms with Crippen LogP contribution in [-0.2, 0) is 64.0 Å². The monoisotopic (exact) mass is 1020 g/mol. The van der Waals surface area contributed by atoms with E-state index in [9.17, 15) is 87.9 Å². The van der Waals surface area contributed by atoms with Gasteiger partial charge in [0, 0.05) is 32.2 Å². The molecule has 398 valence electrons. The summed E-state index contributed by atoms with van der Waals surface area (Å²) >= 11 is 0. The van der Waals surface area contributed by atoms with Crippen LogP contribution in [0.25, 0.3) is 0 Å². The Labute approximate surface area is 411 Å². The number of carboxylic acids is 1. The standard InChI is InChI=1S/C43H63N11O18/c1-21(58)34-42(71)51-29(20-57)41(70)48-24(12-14-33(62)63)40(69)50-27(18-55)37(66)35(64)25(16-22-8-4-2-5-9-22)52-43(72)46-15-7-3-6-10-32(61)47-23(11-13-30(44)59)39(68)49-28(19-56)38(67)36(65)26(53-54-34)17-31(45)60/h2,4-5,8-9,21,23-29,34,53-58H,3,6-7,10-20H2,1H3,(H2,44,59)(H2,45,60)(H,47,61)(H,48,70)(H,49,68)(H,50,69)(H,51,71)(H,62,63)(H2,46,52,72)/t21-,23?,24+,25+,26+,27+,28?,29+,34+/m1/s1. The number of nitrogens with two attached hydrogens (primary N) is 2. The molecule has 0 saturated carbocycles. The van der Waals surface area contributed by atoms with Crippen molar-refractivity contribution in [2.45, 2.75) is 126 Å². The first-order valence-corrected chi connectivity index (χ1v) is 22.6. The summed E-state index contributed by atoms with van der Waals surface area (Å²) in [6, 6.07) is -7.84. The Hall–Kier alpha value is -7.31. The van der Waals surface area contributed by atoms with E-state index in [0.717, 1.165) is 6.92 Å². The van der Waals surface area contributed by atoms with Crippen molar-refractivity contribution in [3.05, 3.63) is 35.9 Å². The number of Topliss-reactive ketones (excluding diaryl/α,β-unsaturated/α-hetero) is 4. The zero-order chi connectivity index (χ0) is 54.1. The molecule has 1 aromatic rings. The first kappa shape index (κ1) is 60.8. The highest BCUT2D eigenvalue weighted by Crippen LogP contribution is 2.09. The Morgan fingerprint density at radius 1 is 0.583 bits per heavy atom. The molecule has 0 radical (unpaired) electrons. The maximum absolute atomic E-state index is 13.7. The van der Waals surface area contributed by atoms with E-state index in [2.05, 4.69) is 42.8 Å². The van der Waals surface area contributed by atoms with E-state index in [1.54, 1.807) is 30.3 Å². The van der Waals surface area contributed by atoms with Gasteiger partial charge in [-0.2, -0.15) is 0 Å². The molecular weight excluding hydrogens is 959 g/mol. The molecule has 18 N–H and O–H groups in total. The van der Waals surface area contributed by atoms with Gasteiger partial charge in [-0.05, 0) is 38.2 Å². The third kappa shape index (κ3) is 21.0. The number of ketones is 4. The van der Waals surface area contributed by atoms with Crippen LogP contribution in [0.15, 0.2) is 30.3 Å². The Morgan fingerprint density at radius 2 is 1.08 bits per heavy atom. The Morgan fingerprint density at radius 3 is 1.61 bits per heavy atom. The van der Waals surface area contributed by atoms with Crippen molar-refractivity contribution in [2.24, 2.45) is 11.5 Å². The van der Waals surface area contributed by atoms with Gasteiger partial charge in [-0.25, -0.2) is 15.6 Å². The van der Waals surface area contributed by atoms with Crippen LogP contribution >= 0.6 is 0 Å². The predicted octanol–water partition coefficient (Wildman–Crippen LogP) is -7.63. The van der Waals surface area contributed by atoms with Gasteiger partial charge in [-0.3, -0.25) is 57.5 Å². The lowest BCUT2D eigenvalue weighted by Crippen LogP contribution is -2.63. The van der Waals surface area contributed by atoms with E-state index in [0.29, 0.717) is 12.0 Å². The van der Waals surface area contributed by atoms with Crippen LogP contribution in [0.2, 0.25) is 0 Å². The fourth-order valence-electron chi connectivity index (χ4n) is 6.77. The molecular formula is C43H63N11O18. The highest BCUT2D eigenvalue weighted by Gasteiger charge is 2.38. The first-order chi connectivity index (χ1) is 34.0. The maximum atomic E-state index is 13.7. The summed E-state index contributed by atoms with van der Waals surface area (Å²) in [7, 11) is 0. The van der Waals surface area contributed by atoms with Gasteiger partial charge < -0.3 is 74.2 Å². The van der Waals surface area contributed by atoms with Crippen molar-refractivity contribution >= 4 is 76.5 Å². The SMILES string of the molecule is C[C@@H](O)[C@@H]1NN[C@@H](CC(N)=O)C(=O)C(=O)C(CO)NC(=O)C(CCC(N)=O)NC(=O)CCCCCNC(=O)N[C@@H](Cc2ccccc2)C(=O)C(=O)[C@H](CO)NC(=O)[C@H](CCC(=O)O)NC(=O)[C@H](CO)NC1=O. The molecule has 0 aromatic heterocycles. The lowest BCUT2D eigenvalue weighted by Gasteiger charge is -2.27. The molecule has 29 nitrogen and oxygen atoms in total. The predicted molar refractivity (Wildman–Crippen MR) is 245 cm³/mol. The van der Waals surface area contributed by atoms with Crippen LogP contribution in [0.5, 0.6) is 0 Å². The zero-order valence-corrected chi connectivity index (χ0v) is 39.2. The lowest BCUT2D eigenvalue weighted by molar-refractivity contribution is -0.142. The van der Waals surface area contributed by atoms with E-state index < -0.39 is 183 Å². The number of amides is 9. The Balaban J connectivity index is 2.57. The highest BCUT2D eigenvalue weighted by molar-refractivity contribution is 6.42. The number of carboxylic acid groups (broad SMARTS) is 1. The molecule has 1 saturated heterocycles. The number of nitrogens with one attached hydrogen (secondary N) is 9. The Bertz CT molecular complexity index is 2130. The van der Waals surface area contributed by atoms with Gasteiger partial charge in [-0.1, -0.05) is 36.8 Å². The van der Waals surface area contributed by atoms with Crippen LogP contribution in [0.1, 0.15) is 70.3 Å². The quantitative estimate of drug-likeness (QED) is 0.0770. The molecule has 1 aliphatic rings. The lowest BCUT2D eigenvalue weighted by atomic mass is 9.96. The number of carbonyl (C=O) groups excluding carboxylic acids is 12. The summed E-state index contributed by atoms with van der Waals surface area (Å²) in [5.74, 6) is -15.2. The third-order valence-corrected chi connectivity index (χ3v) is 10.7. The van der Waals surface area contributed by atoms with Crippen molar-refractivity contribution in [3.63, 3.8) is 0 Å². The molecule has 1 heterocycles. The molecule has 9 amide bonds. The summed E-state index contributed by atoms with van der Waals surface area (Å²) in [5.41, 5.74) is 15.4. The smallest absolute Gasteiger partial charge is 0.315 e. The van der Waals surface area contributed by atoms with Crippen molar-refractivity contribution in [1.29, 1.82) is 0 Å². The summed E-state index contributed by atoms with van der Waals surface area (Å²) in [6.45, 7) is -2.66. The number of benzene rings is 1. The number of primary amides is 2. The number of aliphatic carboxylic acids is 1. The van der Waals surface area contributed by atoms with Crippen molar-refractivity contribution in [3.8, 4) is 0 Å². The van der Waals surface area contributed by atoms with Gasteiger partial charge in [-0.15, -0.1) is 0 Å². The molecule has 29 heteroatoms. The average molecular weight is 1020 g/mol. The van der Waals surface area contributed by atoms with Gasteiger partial charge in [0.2, 0.25) is 64.5 Å². The number of aliphatic hydroxyl groups is 4. The summed E-state index contributed by atoms with van der Waals surface area (Å²) < 4.78 is 0. The summed E-state index contributed by atoms with van der Waals surface area (Å²) in [5, 5.41) is 65.8. The summed E-state index contributed by atoms with van der Waals surface area (Å²) in [6.07, 6.45) is -4.83. The van der Waals surface area contributed by atoms with E-state index >= 15 is 0 Å². The second-order valence-corrected chi connectivity index (χ2v) is 16.5. The molecule has 2 unspecified atom stereocenters. The van der Waals surface area contributed by atoms with Crippen LogP contribution < -0.4 is 59.5 Å². The summed E-state index contributed by atoms with van der Waals surface area (Å²) in [4.78, 5) is 169. The Kier molecular flexibility index (Phi) is 26.3. The number of carbonyl (C=O) groups is 13. The van der Waals surface area contributed by atoms with Crippen LogP contribution in [0.3, 0.4) is 0 Å². The molecule has 1 aliphatic heterocycles. The van der Waals surface area contributed by atoms with Gasteiger partial charge in [0.05, 0.1) is 38.4 Å². The van der Waals surface area contributed by atoms with Gasteiger partial charge in [0.1, 0.15) is 42.3 Å². The first-order valence-electron chi connectivity index (χ1n) is 22.6.